The fraction of sp³-hybridized carbons (Fsp3) is 0.500. The third-order valence-electron chi connectivity index (χ3n) is 3.25. The van der Waals surface area contributed by atoms with Crippen LogP contribution >= 0.6 is 11.6 Å². The van der Waals surface area contributed by atoms with Crippen LogP contribution in [0.3, 0.4) is 0 Å². The summed E-state index contributed by atoms with van der Waals surface area (Å²) >= 11 is 5.99. The Hall–Kier alpha value is -1.89. The van der Waals surface area contributed by atoms with Crippen molar-refractivity contribution in [3.8, 4) is 0 Å². The summed E-state index contributed by atoms with van der Waals surface area (Å²) in [5, 5.41) is 7.61. The van der Waals surface area contributed by atoms with E-state index in [-0.39, 0.29) is 5.28 Å². The fourth-order valence-corrected chi connectivity index (χ4v) is 2.45. The van der Waals surface area contributed by atoms with Crippen LogP contribution in [0.4, 0.5) is 17.6 Å². The molecule has 106 valence electrons. The highest BCUT2D eigenvalue weighted by Crippen LogP contribution is 2.21. The van der Waals surface area contributed by atoms with E-state index < -0.39 is 0 Å². The number of aryl methyl sites for hydroxylation is 2. The largest absolute Gasteiger partial charge is 0.341 e. The molecule has 0 amide bonds. The third-order valence-corrected chi connectivity index (χ3v) is 3.41. The van der Waals surface area contributed by atoms with Gasteiger partial charge in [0.05, 0.1) is 11.4 Å². The maximum atomic E-state index is 5.99. The van der Waals surface area contributed by atoms with Crippen LogP contribution in [0.5, 0.6) is 0 Å². The molecule has 0 unspecified atom stereocenters. The summed E-state index contributed by atoms with van der Waals surface area (Å²) in [6.07, 6.45) is 4.20. The van der Waals surface area contributed by atoms with Gasteiger partial charge in [0.15, 0.2) is 0 Å². The Labute approximate surface area is 122 Å². The summed E-state index contributed by atoms with van der Waals surface area (Å²) in [7, 11) is 1.87. The van der Waals surface area contributed by atoms with Gasteiger partial charge in [0.25, 0.3) is 0 Å². The minimum Gasteiger partial charge on any atom is -0.341 e. The van der Waals surface area contributed by atoms with Gasteiger partial charge in [-0.15, -0.1) is 0 Å². The molecule has 1 N–H and O–H groups in total. The molecule has 0 spiro atoms. The number of halogens is 1. The number of nitrogens with one attached hydrogen (secondary N) is 1. The number of hydrogen-bond donors (Lipinski definition) is 1. The second kappa shape index (κ2) is 5.24. The van der Waals surface area contributed by atoms with Gasteiger partial charge in [-0.1, -0.05) is 0 Å². The van der Waals surface area contributed by atoms with Gasteiger partial charge >= 0.3 is 0 Å². The molecule has 2 aromatic heterocycles. The van der Waals surface area contributed by atoms with Gasteiger partial charge in [-0.05, 0) is 31.4 Å². The lowest BCUT2D eigenvalue weighted by Crippen LogP contribution is -2.21. The van der Waals surface area contributed by atoms with Crippen molar-refractivity contribution in [2.75, 3.05) is 23.3 Å². The molecule has 3 heterocycles. The normalized spacial score (nSPS) is 14.8. The average Bonchev–Trinajstić information content (AvgIpc) is 2.99. The Morgan fingerprint density at radius 1 is 1.20 bits per heavy atom. The summed E-state index contributed by atoms with van der Waals surface area (Å²) < 4.78 is 1.74. The van der Waals surface area contributed by atoms with Gasteiger partial charge in [0.1, 0.15) is 0 Å². The summed E-state index contributed by atoms with van der Waals surface area (Å²) in [6, 6.07) is 0. The Kier molecular flexibility index (Phi) is 3.43. The first-order valence-corrected chi connectivity index (χ1v) is 6.93. The topological polar surface area (TPSA) is 71.8 Å². The Morgan fingerprint density at radius 3 is 2.60 bits per heavy atom. The van der Waals surface area contributed by atoms with Gasteiger partial charge < -0.3 is 10.2 Å². The van der Waals surface area contributed by atoms with E-state index in [1.54, 1.807) is 4.68 Å². The number of anilines is 3. The molecule has 7 nitrogen and oxygen atoms in total. The van der Waals surface area contributed by atoms with Crippen LogP contribution in [0.1, 0.15) is 18.5 Å². The highest BCUT2D eigenvalue weighted by Gasteiger charge is 2.17. The first-order valence-electron chi connectivity index (χ1n) is 6.55. The molecule has 8 heteroatoms. The predicted molar refractivity (Wildman–Crippen MR) is 77.5 cm³/mol. The van der Waals surface area contributed by atoms with E-state index in [1.807, 2.05) is 20.2 Å². The molecule has 0 atom stereocenters. The van der Waals surface area contributed by atoms with E-state index in [2.05, 4.69) is 30.3 Å². The number of nitrogens with zero attached hydrogens (tertiary/aromatic N) is 6. The van der Waals surface area contributed by atoms with Gasteiger partial charge in [-0.2, -0.15) is 20.1 Å². The van der Waals surface area contributed by atoms with E-state index in [9.17, 15) is 0 Å². The summed E-state index contributed by atoms with van der Waals surface area (Å²) in [5.74, 6) is 1.08. The second-order valence-corrected chi connectivity index (χ2v) is 5.19. The SMILES string of the molecule is Cc1nn(C)cc1Nc1nc(Cl)nc(N2CCCC2)n1. The molecule has 0 radical (unpaired) electrons. The highest BCUT2D eigenvalue weighted by molar-refractivity contribution is 6.28. The van der Waals surface area contributed by atoms with Crippen LogP contribution in [0, 0.1) is 6.92 Å². The molecule has 1 saturated heterocycles. The predicted octanol–water partition coefficient (Wildman–Crippen LogP) is 1.91. The maximum Gasteiger partial charge on any atom is 0.233 e. The van der Waals surface area contributed by atoms with Crippen molar-refractivity contribution >= 4 is 29.2 Å². The molecule has 1 fully saturated rings. The van der Waals surface area contributed by atoms with E-state index in [0.717, 1.165) is 37.3 Å². The quantitative estimate of drug-likeness (QED) is 0.932. The van der Waals surface area contributed by atoms with Crippen molar-refractivity contribution < 1.29 is 0 Å². The minimum absolute atomic E-state index is 0.200. The van der Waals surface area contributed by atoms with Crippen LogP contribution < -0.4 is 10.2 Å². The van der Waals surface area contributed by atoms with Crippen molar-refractivity contribution in [2.45, 2.75) is 19.8 Å². The second-order valence-electron chi connectivity index (χ2n) is 4.85. The third kappa shape index (κ3) is 2.67. The van der Waals surface area contributed by atoms with E-state index >= 15 is 0 Å². The monoisotopic (exact) mass is 293 g/mol. The molecule has 1 aliphatic rings. The number of rotatable bonds is 3. The molecular weight excluding hydrogens is 278 g/mol. The minimum atomic E-state index is 0.200. The van der Waals surface area contributed by atoms with E-state index in [0.29, 0.717) is 11.9 Å². The Balaban J connectivity index is 1.87. The molecule has 2 aromatic rings. The fourth-order valence-electron chi connectivity index (χ4n) is 2.30. The van der Waals surface area contributed by atoms with Gasteiger partial charge in [0.2, 0.25) is 17.2 Å². The van der Waals surface area contributed by atoms with Crippen molar-refractivity contribution in [2.24, 2.45) is 7.05 Å². The van der Waals surface area contributed by atoms with E-state index in [1.165, 1.54) is 0 Å². The van der Waals surface area contributed by atoms with E-state index in [4.69, 9.17) is 11.6 Å². The zero-order valence-corrected chi connectivity index (χ0v) is 12.2. The lowest BCUT2D eigenvalue weighted by Gasteiger charge is -2.15. The average molecular weight is 294 g/mol. The molecule has 0 aromatic carbocycles. The highest BCUT2D eigenvalue weighted by atomic mass is 35.5. The maximum absolute atomic E-state index is 5.99. The molecular formula is C12H16ClN7. The van der Waals surface area contributed by atoms with Crippen LogP contribution in [-0.4, -0.2) is 37.8 Å². The summed E-state index contributed by atoms with van der Waals surface area (Å²) in [5.41, 5.74) is 1.74. The van der Waals surface area contributed by atoms with Gasteiger partial charge in [-0.25, -0.2) is 0 Å². The first-order chi connectivity index (χ1) is 9.61. The number of aromatic nitrogens is 5. The zero-order chi connectivity index (χ0) is 14.1. The van der Waals surface area contributed by atoms with Crippen LogP contribution in [0.15, 0.2) is 6.20 Å². The molecule has 20 heavy (non-hydrogen) atoms. The van der Waals surface area contributed by atoms with Crippen LogP contribution in [0.25, 0.3) is 0 Å². The first kappa shape index (κ1) is 13.1. The van der Waals surface area contributed by atoms with Gasteiger partial charge in [-0.3, -0.25) is 4.68 Å². The lowest BCUT2D eigenvalue weighted by atomic mass is 10.4. The Morgan fingerprint density at radius 2 is 1.95 bits per heavy atom. The van der Waals surface area contributed by atoms with Crippen LogP contribution in [0.2, 0.25) is 5.28 Å². The summed E-state index contributed by atoms with van der Waals surface area (Å²) in [6.45, 7) is 3.85. The van der Waals surface area contributed by atoms with Gasteiger partial charge in [0, 0.05) is 26.3 Å². The summed E-state index contributed by atoms with van der Waals surface area (Å²) in [4.78, 5) is 14.9. The molecule has 1 aliphatic heterocycles. The van der Waals surface area contributed by atoms with Crippen LogP contribution in [-0.2, 0) is 7.05 Å². The molecule has 0 bridgehead atoms. The van der Waals surface area contributed by atoms with Crippen molar-refractivity contribution in [3.63, 3.8) is 0 Å². The molecule has 0 saturated carbocycles. The number of hydrogen-bond acceptors (Lipinski definition) is 6. The van der Waals surface area contributed by atoms with Crippen molar-refractivity contribution in [3.05, 3.63) is 17.2 Å². The smallest absolute Gasteiger partial charge is 0.233 e. The zero-order valence-electron chi connectivity index (χ0n) is 11.5. The molecule has 3 rings (SSSR count). The van der Waals surface area contributed by atoms with Crippen molar-refractivity contribution in [1.29, 1.82) is 0 Å². The lowest BCUT2D eigenvalue weighted by molar-refractivity contribution is 0.756. The Bertz CT molecular complexity index is 618. The van der Waals surface area contributed by atoms with Crippen molar-refractivity contribution in [1.82, 2.24) is 24.7 Å². The standard InChI is InChI=1S/C12H16ClN7/c1-8-9(7-19(2)18-8)14-11-15-10(13)16-12(17-11)20-5-3-4-6-20/h7H,3-6H2,1-2H3,(H,14,15,16,17). The molecule has 0 aliphatic carbocycles.